The van der Waals surface area contributed by atoms with Crippen LogP contribution in [0.5, 0.6) is 0 Å². The van der Waals surface area contributed by atoms with Gasteiger partial charge in [-0.15, -0.1) is 0 Å². The fourth-order valence-electron chi connectivity index (χ4n) is 3.01. The lowest BCUT2D eigenvalue weighted by Gasteiger charge is -2.26. The third-order valence-electron chi connectivity index (χ3n) is 4.39. The monoisotopic (exact) mass is 367 g/mol. The Labute approximate surface area is 159 Å². The smallest absolute Gasteiger partial charge is 0.228 e. The van der Waals surface area contributed by atoms with Crippen LogP contribution in [0.4, 0.5) is 11.4 Å². The average Bonchev–Trinajstić information content (AvgIpc) is 2.65. The van der Waals surface area contributed by atoms with Gasteiger partial charge >= 0.3 is 0 Å². The Hall–Kier alpha value is -2.70. The van der Waals surface area contributed by atoms with E-state index in [1.54, 1.807) is 12.1 Å². The molecule has 27 heavy (non-hydrogen) atoms. The van der Waals surface area contributed by atoms with Crippen molar-refractivity contribution in [2.45, 2.75) is 19.9 Å². The zero-order valence-corrected chi connectivity index (χ0v) is 15.5. The summed E-state index contributed by atoms with van der Waals surface area (Å²) in [6.07, 6.45) is 0.288. The van der Waals surface area contributed by atoms with Gasteiger partial charge in [-0.05, 0) is 35.4 Å². The number of amides is 2. The van der Waals surface area contributed by atoms with Gasteiger partial charge in [-0.25, -0.2) is 0 Å². The van der Waals surface area contributed by atoms with Crippen molar-refractivity contribution in [2.24, 2.45) is 0 Å². The molecule has 1 fully saturated rings. The fourth-order valence-corrected chi connectivity index (χ4v) is 3.01. The molecule has 0 spiro atoms. The molecule has 142 valence electrons. The summed E-state index contributed by atoms with van der Waals surface area (Å²) in [5, 5.41) is 5.64. The third-order valence-corrected chi connectivity index (χ3v) is 4.39. The van der Waals surface area contributed by atoms with Crippen LogP contribution in [-0.2, 0) is 27.3 Å². The van der Waals surface area contributed by atoms with Crippen molar-refractivity contribution >= 4 is 23.2 Å². The highest BCUT2D eigenvalue weighted by atomic mass is 16.5. The molecule has 1 heterocycles. The molecule has 2 N–H and O–H groups in total. The first kappa shape index (κ1) is 19.1. The van der Waals surface area contributed by atoms with E-state index in [4.69, 9.17) is 4.74 Å². The van der Waals surface area contributed by atoms with E-state index in [2.05, 4.69) is 15.5 Å². The van der Waals surface area contributed by atoms with Crippen LogP contribution >= 0.6 is 0 Å². The molecule has 2 aromatic rings. The van der Waals surface area contributed by atoms with E-state index >= 15 is 0 Å². The van der Waals surface area contributed by atoms with Crippen molar-refractivity contribution < 1.29 is 14.3 Å². The van der Waals surface area contributed by atoms with E-state index in [0.29, 0.717) is 0 Å². The van der Waals surface area contributed by atoms with Gasteiger partial charge in [0, 0.05) is 37.9 Å². The summed E-state index contributed by atoms with van der Waals surface area (Å²) in [7, 11) is 0. The van der Waals surface area contributed by atoms with Crippen LogP contribution in [0.1, 0.15) is 18.1 Å². The van der Waals surface area contributed by atoms with E-state index < -0.39 is 0 Å². The Bertz CT molecular complexity index is 766. The van der Waals surface area contributed by atoms with Crippen molar-refractivity contribution in [3.05, 3.63) is 59.7 Å². The van der Waals surface area contributed by atoms with Crippen molar-refractivity contribution in [3.8, 4) is 0 Å². The summed E-state index contributed by atoms with van der Waals surface area (Å²) in [5.74, 6) is -0.180. The maximum absolute atomic E-state index is 12.2. The molecule has 0 unspecified atom stereocenters. The summed E-state index contributed by atoms with van der Waals surface area (Å²) < 4.78 is 5.36. The molecule has 0 aromatic heterocycles. The minimum atomic E-state index is -0.113. The number of morpholine rings is 1. The van der Waals surface area contributed by atoms with E-state index in [9.17, 15) is 9.59 Å². The van der Waals surface area contributed by atoms with E-state index in [1.807, 2.05) is 36.4 Å². The molecule has 1 aliphatic rings. The molecule has 6 nitrogen and oxygen atoms in total. The number of rotatable bonds is 6. The second kappa shape index (κ2) is 9.30. The van der Waals surface area contributed by atoms with Gasteiger partial charge < -0.3 is 15.4 Å². The van der Waals surface area contributed by atoms with Crippen molar-refractivity contribution in [3.63, 3.8) is 0 Å². The maximum atomic E-state index is 12.2. The van der Waals surface area contributed by atoms with Gasteiger partial charge in [-0.3, -0.25) is 14.5 Å². The molecule has 2 amide bonds. The lowest BCUT2D eigenvalue weighted by atomic mass is 10.1. The molecular weight excluding hydrogens is 342 g/mol. The van der Waals surface area contributed by atoms with Crippen LogP contribution in [0.3, 0.4) is 0 Å². The lowest BCUT2D eigenvalue weighted by molar-refractivity contribution is -0.116. The number of nitrogens with one attached hydrogen (secondary N) is 2. The van der Waals surface area contributed by atoms with Crippen LogP contribution < -0.4 is 10.6 Å². The molecule has 1 aliphatic heterocycles. The minimum absolute atomic E-state index is 0.0665. The van der Waals surface area contributed by atoms with Gasteiger partial charge in [0.25, 0.3) is 0 Å². The summed E-state index contributed by atoms with van der Waals surface area (Å²) in [6.45, 7) is 5.87. The Balaban J connectivity index is 1.49. The van der Waals surface area contributed by atoms with Crippen LogP contribution in [0.2, 0.25) is 0 Å². The minimum Gasteiger partial charge on any atom is -0.379 e. The normalized spacial score (nSPS) is 14.6. The SMILES string of the molecule is CC(=O)Nc1ccc(CC(=O)Nc2ccc(CN3CCOCC3)cc2)cc1. The summed E-state index contributed by atoms with van der Waals surface area (Å²) in [5.41, 5.74) is 3.64. The summed E-state index contributed by atoms with van der Waals surface area (Å²) in [4.78, 5) is 25.6. The highest BCUT2D eigenvalue weighted by molar-refractivity contribution is 5.92. The number of carbonyl (C=O) groups is 2. The van der Waals surface area contributed by atoms with E-state index in [1.165, 1.54) is 12.5 Å². The predicted octanol–water partition coefficient (Wildman–Crippen LogP) is 2.66. The number of ether oxygens (including phenoxy) is 1. The first-order valence-corrected chi connectivity index (χ1v) is 9.14. The Kier molecular flexibility index (Phi) is 6.57. The van der Waals surface area contributed by atoms with E-state index in [0.717, 1.165) is 49.8 Å². The summed E-state index contributed by atoms with van der Waals surface area (Å²) >= 11 is 0. The lowest BCUT2D eigenvalue weighted by Crippen LogP contribution is -2.35. The zero-order valence-electron chi connectivity index (χ0n) is 15.5. The van der Waals surface area contributed by atoms with Crippen molar-refractivity contribution in [1.29, 1.82) is 0 Å². The van der Waals surface area contributed by atoms with Crippen molar-refractivity contribution in [2.75, 3.05) is 36.9 Å². The number of anilines is 2. The highest BCUT2D eigenvalue weighted by Crippen LogP contribution is 2.14. The average molecular weight is 367 g/mol. The number of nitrogens with zero attached hydrogens (tertiary/aromatic N) is 1. The molecule has 0 atom stereocenters. The molecule has 2 aromatic carbocycles. The molecule has 0 radical (unpaired) electrons. The number of hydrogen-bond donors (Lipinski definition) is 2. The summed E-state index contributed by atoms with van der Waals surface area (Å²) in [6, 6.07) is 15.3. The second-order valence-electron chi connectivity index (χ2n) is 6.69. The number of benzene rings is 2. The fraction of sp³-hybridized carbons (Fsp3) is 0.333. The van der Waals surface area contributed by atoms with Crippen LogP contribution in [0.15, 0.2) is 48.5 Å². The van der Waals surface area contributed by atoms with Crippen molar-refractivity contribution in [1.82, 2.24) is 4.90 Å². The van der Waals surface area contributed by atoms with Gasteiger partial charge in [0.1, 0.15) is 0 Å². The van der Waals surface area contributed by atoms with E-state index in [-0.39, 0.29) is 18.2 Å². The highest BCUT2D eigenvalue weighted by Gasteiger charge is 2.11. The molecule has 1 saturated heterocycles. The number of carbonyl (C=O) groups excluding carboxylic acids is 2. The molecule has 0 bridgehead atoms. The Morgan fingerprint density at radius 2 is 1.44 bits per heavy atom. The maximum Gasteiger partial charge on any atom is 0.228 e. The van der Waals surface area contributed by atoms with Gasteiger partial charge in [-0.2, -0.15) is 0 Å². The quantitative estimate of drug-likeness (QED) is 0.823. The first-order valence-electron chi connectivity index (χ1n) is 9.14. The van der Waals surface area contributed by atoms with Gasteiger partial charge in [-0.1, -0.05) is 24.3 Å². The largest absolute Gasteiger partial charge is 0.379 e. The van der Waals surface area contributed by atoms with Crippen LogP contribution in [0, 0.1) is 0 Å². The standard InChI is InChI=1S/C21H25N3O3/c1-16(25)22-19-6-2-17(3-7-19)14-21(26)23-20-8-4-18(5-9-20)15-24-10-12-27-13-11-24/h2-9H,10-15H2,1H3,(H,22,25)(H,23,26). The topological polar surface area (TPSA) is 70.7 Å². The van der Waals surface area contributed by atoms with Gasteiger partial charge in [0.2, 0.25) is 11.8 Å². The Morgan fingerprint density at radius 3 is 2.04 bits per heavy atom. The molecular formula is C21H25N3O3. The first-order chi connectivity index (χ1) is 13.1. The number of hydrogen-bond acceptors (Lipinski definition) is 4. The second-order valence-corrected chi connectivity index (χ2v) is 6.69. The zero-order chi connectivity index (χ0) is 19.1. The van der Waals surface area contributed by atoms with Crippen LogP contribution in [0.25, 0.3) is 0 Å². The third kappa shape index (κ3) is 6.20. The van der Waals surface area contributed by atoms with Gasteiger partial charge in [0.15, 0.2) is 0 Å². The van der Waals surface area contributed by atoms with Crippen LogP contribution in [-0.4, -0.2) is 43.0 Å². The molecule has 0 aliphatic carbocycles. The molecule has 0 saturated carbocycles. The molecule has 6 heteroatoms. The Morgan fingerprint density at radius 1 is 0.889 bits per heavy atom. The van der Waals surface area contributed by atoms with Gasteiger partial charge in [0.05, 0.1) is 19.6 Å². The predicted molar refractivity (Wildman–Crippen MR) is 106 cm³/mol. The molecule has 3 rings (SSSR count).